The number of aliphatic carboxylic acids is 1. The second kappa shape index (κ2) is 7.45. The summed E-state index contributed by atoms with van der Waals surface area (Å²) in [5.41, 5.74) is -1.22. The van der Waals surface area contributed by atoms with E-state index >= 15 is 0 Å². The minimum atomic E-state index is -1.22. The summed E-state index contributed by atoms with van der Waals surface area (Å²) in [6, 6.07) is 3.61. The number of carbonyl (C=O) groups is 2. The van der Waals surface area contributed by atoms with Gasteiger partial charge in [-0.05, 0) is 39.3 Å². The second-order valence-corrected chi connectivity index (χ2v) is 6.98. The number of carbonyl (C=O) groups excluding carboxylic acids is 1. The fraction of sp³-hybridized carbons (Fsp3) is 0.600. The van der Waals surface area contributed by atoms with E-state index in [1.54, 1.807) is 11.3 Å². The molecule has 2 atom stereocenters. The topological polar surface area (TPSA) is 78.4 Å². The molecule has 6 heteroatoms. The molecule has 1 aromatic heterocycles. The van der Waals surface area contributed by atoms with Gasteiger partial charge in [0.05, 0.1) is 0 Å². The van der Waals surface area contributed by atoms with Gasteiger partial charge >= 0.3 is 12.0 Å². The van der Waals surface area contributed by atoms with Crippen LogP contribution < -0.4 is 10.6 Å². The van der Waals surface area contributed by atoms with Crippen LogP contribution in [0.15, 0.2) is 12.1 Å². The normalized spacial score (nSPS) is 15.0. The van der Waals surface area contributed by atoms with Gasteiger partial charge in [-0.1, -0.05) is 13.3 Å². The van der Waals surface area contributed by atoms with Crippen LogP contribution in [0.5, 0.6) is 0 Å². The largest absolute Gasteiger partial charge is 0.480 e. The van der Waals surface area contributed by atoms with Crippen LogP contribution in [0.3, 0.4) is 0 Å². The number of carboxylic acids is 1. The minimum Gasteiger partial charge on any atom is -0.480 e. The molecule has 0 fully saturated rings. The van der Waals surface area contributed by atoms with Gasteiger partial charge < -0.3 is 15.7 Å². The van der Waals surface area contributed by atoms with Gasteiger partial charge in [0.2, 0.25) is 0 Å². The predicted molar refractivity (Wildman–Crippen MR) is 84.8 cm³/mol. The Morgan fingerprint density at radius 3 is 2.57 bits per heavy atom. The standard InChI is InChI=1S/C15H24N2O3S/c1-5-8-15(4,13(18)19)17-14(20)16-10(2)9-12-7-6-11(3)21-12/h6-7,10H,5,8-9H2,1-4H3,(H,18,19)(H2,16,17,20). The van der Waals surface area contributed by atoms with Crippen LogP contribution in [0.1, 0.15) is 43.4 Å². The third kappa shape index (κ3) is 5.38. The van der Waals surface area contributed by atoms with E-state index in [0.717, 1.165) is 6.42 Å². The summed E-state index contributed by atoms with van der Waals surface area (Å²) in [5.74, 6) is -1.01. The quantitative estimate of drug-likeness (QED) is 0.724. The molecule has 0 saturated heterocycles. The van der Waals surface area contributed by atoms with E-state index in [9.17, 15) is 14.7 Å². The Balaban J connectivity index is 2.53. The summed E-state index contributed by atoms with van der Waals surface area (Å²) in [7, 11) is 0. The van der Waals surface area contributed by atoms with Crippen LogP contribution in [0, 0.1) is 6.92 Å². The molecule has 0 saturated carbocycles. The first-order valence-corrected chi connectivity index (χ1v) is 7.96. The summed E-state index contributed by atoms with van der Waals surface area (Å²) in [6.45, 7) is 7.38. The van der Waals surface area contributed by atoms with Gasteiger partial charge in [-0.3, -0.25) is 0 Å². The Bertz CT molecular complexity index is 501. The number of thiophene rings is 1. The van der Waals surface area contributed by atoms with Crippen LogP contribution in [0.4, 0.5) is 4.79 Å². The van der Waals surface area contributed by atoms with Crippen LogP contribution in [0.2, 0.25) is 0 Å². The number of rotatable bonds is 7. The van der Waals surface area contributed by atoms with Crippen LogP contribution in [-0.4, -0.2) is 28.7 Å². The molecular weight excluding hydrogens is 288 g/mol. The summed E-state index contributed by atoms with van der Waals surface area (Å²) in [4.78, 5) is 25.7. The molecule has 2 amide bonds. The number of amides is 2. The van der Waals surface area contributed by atoms with Crippen molar-refractivity contribution in [2.45, 2.75) is 58.5 Å². The van der Waals surface area contributed by atoms with Gasteiger partial charge in [-0.2, -0.15) is 0 Å². The van der Waals surface area contributed by atoms with Crippen molar-refractivity contribution in [2.24, 2.45) is 0 Å². The zero-order valence-electron chi connectivity index (χ0n) is 13.0. The summed E-state index contributed by atoms with van der Waals surface area (Å²) in [6.07, 6.45) is 1.82. The molecular formula is C15H24N2O3S. The first kappa shape index (κ1) is 17.5. The van der Waals surface area contributed by atoms with Crippen LogP contribution >= 0.6 is 11.3 Å². The molecule has 1 heterocycles. The zero-order valence-corrected chi connectivity index (χ0v) is 13.8. The molecule has 0 aliphatic carbocycles. The highest BCUT2D eigenvalue weighted by Crippen LogP contribution is 2.17. The molecule has 0 aromatic carbocycles. The van der Waals surface area contributed by atoms with Crippen molar-refractivity contribution in [3.8, 4) is 0 Å². The average Bonchev–Trinajstić information content (AvgIpc) is 2.73. The van der Waals surface area contributed by atoms with E-state index in [0.29, 0.717) is 12.8 Å². The molecule has 0 aliphatic heterocycles. The molecule has 118 valence electrons. The second-order valence-electron chi connectivity index (χ2n) is 5.60. The molecule has 1 aromatic rings. The predicted octanol–water partition coefficient (Wildman–Crippen LogP) is 2.93. The zero-order chi connectivity index (χ0) is 16.0. The maximum Gasteiger partial charge on any atom is 0.329 e. The lowest BCUT2D eigenvalue weighted by Crippen LogP contribution is -2.56. The summed E-state index contributed by atoms with van der Waals surface area (Å²) in [5, 5.41) is 14.6. The summed E-state index contributed by atoms with van der Waals surface area (Å²) < 4.78 is 0. The molecule has 3 N–H and O–H groups in total. The Kier molecular flexibility index (Phi) is 6.20. The number of hydrogen-bond acceptors (Lipinski definition) is 3. The molecule has 0 bridgehead atoms. The molecule has 21 heavy (non-hydrogen) atoms. The van der Waals surface area contributed by atoms with E-state index in [2.05, 4.69) is 22.8 Å². The van der Waals surface area contributed by atoms with E-state index in [1.165, 1.54) is 16.7 Å². The number of aryl methyl sites for hydroxylation is 1. The first-order valence-electron chi connectivity index (χ1n) is 7.14. The van der Waals surface area contributed by atoms with Crippen LogP contribution in [-0.2, 0) is 11.2 Å². The Labute approximate surface area is 129 Å². The van der Waals surface area contributed by atoms with Crippen molar-refractivity contribution < 1.29 is 14.7 Å². The third-order valence-electron chi connectivity index (χ3n) is 3.29. The van der Waals surface area contributed by atoms with Crippen molar-refractivity contribution in [3.63, 3.8) is 0 Å². The molecule has 2 unspecified atom stereocenters. The molecule has 1 rings (SSSR count). The van der Waals surface area contributed by atoms with Crippen LogP contribution in [0.25, 0.3) is 0 Å². The highest BCUT2D eigenvalue weighted by Gasteiger charge is 2.34. The SMILES string of the molecule is CCCC(C)(NC(=O)NC(C)Cc1ccc(C)s1)C(=O)O. The molecule has 0 spiro atoms. The van der Waals surface area contributed by atoms with Crippen molar-refractivity contribution in [1.82, 2.24) is 10.6 Å². The number of carboxylic acid groups (broad SMARTS) is 1. The Hall–Kier alpha value is -1.56. The fourth-order valence-electron chi connectivity index (χ4n) is 2.18. The third-order valence-corrected chi connectivity index (χ3v) is 4.32. The molecule has 0 radical (unpaired) electrons. The van der Waals surface area contributed by atoms with Crippen molar-refractivity contribution >= 4 is 23.3 Å². The smallest absolute Gasteiger partial charge is 0.329 e. The molecule has 5 nitrogen and oxygen atoms in total. The van der Waals surface area contributed by atoms with Gasteiger partial charge in [-0.15, -0.1) is 11.3 Å². The lowest BCUT2D eigenvalue weighted by molar-refractivity contribution is -0.144. The average molecular weight is 312 g/mol. The lowest BCUT2D eigenvalue weighted by atomic mass is 9.96. The van der Waals surface area contributed by atoms with E-state index in [-0.39, 0.29) is 6.04 Å². The van der Waals surface area contributed by atoms with Crippen molar-refractivity contribution in [3.05, 3.63) is 21.9 Å². The monoisotopic (exact) mass is 312 g/mol. The number of hydrogen-bond donors (Lipinski definition) is 3. The maximum atomic E-state index is 12.0. The van der Waals surface area contributed by atoms with E-state index in [4.69, 9.17) is 0 Å². The van der Waals surface area contributed by atoms with E-state index < -0.39 is 17.5 Å². The minimum absolute atomic E-state index is 0.0530. The first-order chi connectivity index (χ1) is 9.76. The van der Waals surface area contributed by atoms with Gasteiger partial charge in [0.1, 0.15) is 5.54 Å². The van der Waals surface area contributed by atoms with Gasteiger partial charge in [0.15, 0.2) is 0 Å². The Morgan fingerprint density at radius 2 is 2.10 bits per heavy atom. The van der Waals surface area contributed by atoms with Gasteiger partial charge in [0.25, 0.3) is 0 Å². The highest BCUT2D eigenvalue weighted by molar-refractivity contribution is 7.11. The highest BCUT2D eigenvalue weighted by atomic mass is 32.1. The Morgan fingerprint density at radius 1 is 1.43 bits per heavy atom. The van der Waals surface area contributed by atoms with Crippen molar-refractivity contribution in [2.75, 3.05) is 0 Å². The maximum absolute atomic E-state index is 12.0. The van der Waals surface area contributed by atoms with E-state index in [1.807, 2.05) is 20.8 Å². The number of urea groups is 1. The van der Waals surface area contributed by atoms with Gasteiger partial charge in [-0.25, -0.2) is 9.59 Å². The summed E-state index contributed by atoms with van der Waals surface area (Å²) >= 11 is 1.70. The molecule has 0 aliphatic rings. The lowest BCUT2D eigenvalue weighted by Gasteiger charge is -2.26. The fourth-order valence-corrected chi connectivity index (χ4v) is 3.20. The van der Waals surface area contributed by atoms with Crippen molar-refractivity contribution in [1.29, 1.82) is 0 Å². The van der Waals surface area contributed by atoms with Gasteiger partial charge in [0, 0.05) is 22.2 Å². The number of nitrogens with one attached hydrogen (secondary N) is 2.